The standard InChI is InChI=1S/C21H23N5O6S3/c1-14-5-7-15(8-6-14)19(27)22-20-23-24-21(33-20)34(28,29)25-17-13-16(9-10-18(17)32-2)35(30,31)26-11-3-4-12-26/h5-10,13,25H,3-4,11-12H2,1-2H3,(H,22,23,27). The Bertz CT molecular complexity index is 1450. The quantitative estimate of drug-likeness (QED) is 0.417. The number of carbonyl (C=O) groups is 1. The number of nitrogens with zero attached hydrogens (tertiary/aromatic N) is 3. The normalized spacial score (nSPS) is 14.6. The summed E-state index contributed by atoms with van der Waals surface area (Å²) in [6.45, 7) is 2.72. The van der Waals surface area contributed by atoms with Gasteiger partial charge >= 0.3 is 0 Å². The van der Waals surface area contributed by atoms with Gasteiger partial charge in [-0.05, 0) is 50.1 Å². The third-order valence-corrected chi connectivity index (χ3v) is 9.75. The van der Waals surface area contributed by atoms with Gasteiger partial charge in [0.05, 0.1) is 17.7 Å². The summed E-state index contributed by atoms with van der Waals surface area (Å²) in [5.74, 6) is -0.328. The van der Waals surface area contributed by atoms with Crippen molar-refractivity contribution in [1.29, 1.82) is 0 Å². The number of hydrogen-bond acceptors (Lipinski definition) is 9. The van der Waals surface area contributed by atoms with Crippen LogP contribution >= 0.6 is 11.3 Å². The molecule has 0 bridgehead atoms. The van der Waals surface area contributed by atoms with Gasteiger partial charge in [-0.1, -0.05) is 29.0 Å². The summed E-state index contributed by atoms with van der Waals surface area (Å²) in [4.78, 5) is 12.3. The number of carbonyl (C=O) groups excluding carboxylic acids is 1. The van der Waals surface area contributed by atoms with E-state index in [2.05, 4.69) is 20.2 Å². The summed E-state index contributed by atoms with van der Waals surface area (Å²) < 4.78 is 60.2. The maximum absolute atomic E-state index is 13.0. The van der Waals surface area contributed by atoms with Crippen molar-refractivity contribution in [3.05, 3.63) is 53.6 Å². The van der Waals surface area contributed by atoms with E-state index in [1.807, 2.05) is 6.92 Å². The molecule has 14 heteroatoms. The number of rotatable bonds is 8. The first kappa shape index (κ1) is 25.0. The Kier molecular flexibility index (Phi) is 7.07. The van der Waals surface area contributed by atoms with Crippen LogP contribution in [0.15, 0.2) is 51.7 Å². The molecule has 11 nitrogen and oxygen atoms in total. The lowest BCUT2D eigenvalue weighted by molar-refractivity contribution is 0.102. The van der Waals surface area contributed by atoms with Crippen LogP contribution in [0.1, 0.15) is 28.8 Å². The molecule has 1 fully saturated rings. The average Bonchev–Trinajstić information content (AvgIpc) is 3.52. The number of aromatic nitrogens is 2. The van der Waals surface area contributed by atoms with Crippen LogP contribution in [0, 0.1) is 6.92 Å². The molecule has 1 amide bonds. The number of hydrogen-bond donors (Lipinski definition) is 2. The molecule has 2 heterocycles. The maximum Gasteiger partial charge on any atom is 0.291 e. The van der Waals surface area contributed by atoms with Crippen molar-refractivity contribution >= 4 is 48.1 Å². The molecule has 0 radical (unpaired) electrons. The molecule has 1 aromatic heterocycles. The number of amides is 1. The fourth-order valence-corrected chi connectivity index (χ4v) is 6.94. The van der Waals surface area contributed by atoms with Crippen LogP contribution < -0.4 is 14.8 Å². The lowest BCUT2D eigenvalue weighted by Gasteiger charge is -2.17. The van der Waals surface area contributed by atoms with Crippen molar-refractivity contribution in [3.63, 3.8) is 0 Å². The van der Waals surface area contributed by atoms with E-state index in [4.69, 9.17) is 4.74 Å². The van der Waals surface area contributed by atoms with E-state index in [1.165, 1.54) is 29.6 Å². The monoisotopic (exact) mass is 537 g/mol. The van der Waals surface area contributed by atoms with Gasteiger partial charge in [0, 0.05) is 18.7 Å². The molecule has 2 N–H and O–H groups in total. The van der Waals surface area contributed by atoms with Gasteiger partial charge in [-0.2, -0.15) is 12.7 Å². The SMILES string of the molecule is COc1ccc(S(=O)(=O)N2CCCC2)cc1NS(=O)(=O)c1nnc(NC(=O)c2ccc(C)cc2)s1. The van der Waals surface area contributed by atoms with Gasteiger partial charge in [0.2, 0.25) is 15.2 Å². The highest BCUT2D eigenvalue weighted by molar-refractivity contribution is 7.94. The van der Waals surface area contributed by atoms with Gasteiger partial charge in [-0.25, -0.2) is 8.42 Å². The number of sulfonamides is 2. The Morgan fingerprint density at radius 3 is 2.37 bits per heavy atom. The van der Waals surface area contributed by atoms with Crippen molar-refractivity contribution in [3.8, 4) is 5.75 Å². The van der Waals surface area contributed by atoms with Gasteiger partial charge < -0.3 is 4.74 Å². The van der Waals surface area contributed by atoms with Crippen LogP contribution in [0.5, 0.6) is 5.75 Å². The topological polar surface area (TPSA) is 148 Å². The van der Waals surface area contributed by atoms with Crippen LogP contribution in [0.3, 0.4) is 0 Å². The minimum atomic E-state index is -4.26. The van der Waals surface area contributed by atoms with Crippen LogP contribution in [0.4, 0.5) is 10.8 Å². The van der Waals surface area contributed by atoms with Crippen molar-refractivity contribution in [2.45, 2.75) is 29.0 Å². The third kappa shape index (κ3) is 5.45. The lowest BCUT2D eigenvalue weighted by atomic mass is 10.1. The number of anilines is 2. The second kappa shape index (κ2) is 9.89. The van der Waals surface area contributed by atoms with E-state index in [-0.39, 0.29) is 21.5 Å². The van der Waals surface area contributed by atoms with E-state index >= 15 is 0 Å². The molecule has 1 saturated heterocycles. The first-order chi connectivity index (χ1) is 16.6. The molecule has 0 saturated carbocycles. The van der Waals surface area contributed by atoms with Gasteiger partial charge in [0.25, 0.3) is 20.3 Å². The molecule has 1 aliphatic rings. The second-order valence-corrected chi connectivity index (χ2v) is 12.5. The second-order valence-electron chi connectivity index (χ2n) is 7.77. The maximum atomic E-state index is 13.0. The molecule has 2 aromatic carbocycles. The van der Waals surface area contributed by atoms with Crippen molar-refractivity contribution in [1.82, 2.24) is 14.5 Å². The molecule has 0 unspecified atom stereocenters. The molecule has 35 heavy (non-hydrogen) atoms. The van der Waals surface area contributed by atoms with E-state index < -0.39 is 30.3 Å². The highest BCUT2D eigenvalue weighted by Gasteiger charge is 2.29. The molecule has 1 aliphatic heterocycles. The summed E-state index contributed by atoms with van der Waals surface area (Å²) >= 11 is 0.657. The first-order valence-corrected chi connectivity index (χ1v) is 14.3. The highest BCUT2D eigenvalue weighted by atomic mass is 32.2. The largest absolute Gasteiger partial charge is 0.495 e. The molecular weight excluding hydrogens is 514 g/mol. The van der Waals surface area contributed by atoms with Crippen molar-refractivity contribution < 1.29 is 26.4 Å². The fourth-order valence-electron chi connectivity index (χ4n) is 3.44. The molecule has 3 aromatic rings. The van der Waals surface area contributed by atoms with E-state index in [1.54, 1.807) is 24.3 Å². The first-order valence-electron chi connectivity index (χ1n) is 10.5. The Morgan fingerprint density at radius 1 is 1.03 bits per heavy atom. The summed E-state index contributed by atoms with van der Waals surface area (Å²) in [6.07, 6.45) is 1.55. The minimum absolute atomic E-state index is 0.00623. The van der Waals surface area contributed by atoms with Gasteiger partial charge in [-0.3, -0.25) is 14.8 Å². The van der Waals surface area contributed by atoms with Crippen molar-refractivity contribution in [2.75, 3.05) is 30.2 Å². The fraction of sp³-hybridized carbons (Fsp3) is 0.286. The Morgan fingerprint density at radius 2 is 1.71 bits per heavy atom. The van der Waals surface area contributed by atoms with Crippen molar-refractivity contribution in [2.24, 2.45) is 0 Å². The van der Waals surface area contributed by atoms with Crippen LogP contribution in [0.2, 0.25) is 0 Å². The predicted molar refractivity (Wildman–Crippen MR) is 131 cm³/mol. The van der Waals surface area contributed by atoms with Crippen LogP contribution in [-0.2, 0) is 20.0 Å². The van der Waals surface area contributed by atoms with E-state index in [9.17, 15) is 21.6 Å². The molecule has 0 aliphatic carbocycles. The predicted octanol–water partition coefficient (Wildman–Crippen LogP) is 2.69. The summed E-state index contributed by atoms with van der Waals surface area (Å²) in [6, 6.07) is 10.8. The third-order valence-electron chi connectivity index (χ3n) is 5.29. The number of nitrogens with one attached hydrogen (secondary N) is 2. The van der Waals surface area contributed by atoms with Gasteiger partial charge in [-0.15, -0.1) is 10.2 Å². The van der Waals surface area contributed by atoms with E-state index in [0.29, 0.717) is 30.0 Å². The zero-order valence-corrected chi connectivity index (χ0v) is 21.3. The number of ether oxygens (including phenoxy) is 1. The zero-order valence-electron chi connectivity index (χ0n) is 18.9. The highest BCUT2D eigenvalue weighted by Crippen LogP contribution is 2.32. The Labute approximate surface area is 207 Å². The zero-order chi connectivity index (χ0) is 25.2. The summed E-state index contributed by atoms with van der Waals surface area (Å²) in [5, 5.41) is 9.93. The summed E-state index contributed by atoms with van der Waals surface area (Å²) in [5.41, 5.74) is 1.31. The number of benzene rings is 2. The Hall–Kier alpha value is -3.07. The minimum Gasteiger partial charge on any atom is -0.495 e. The number of aryl methyl sites for hydroxylation is 1. The molecule has 0 atom stereocenters. The molecule has 4 rings (SSSR count). The average molecular weight is 538 g/mol. The van der Waals surface area contributed by atoms with Crippen LogP contribution in [0.25, 0.3) is 0 Å². The molecule has 186 valence electrons. The molecular formula is C21H23N5O6S3. The summed E-state index contributed by atoms with van der Waals surface area (Å²) in [7, 11) is -6.69. The van der Waals surface area contributed by atoms with Gasteiger partial charge in [0.15, 0.2) is 0 Å². The Balaban J connectivity index is 1.55. The van der Waals surface area contributed by atoms with Gasteiger partial charge in [0.1, 0.15) is 5.75 Å². The molecule has 0 spiro atoms. The van der Waals surface area contributed by atoms with Crippen LogP contribution in [-0.4, -0.2) is 57.4 Å². The van der Waals surface area contributed by atoms with E-state index in [0.717, 1.165) is 18.4 Å². The smallest absolute Gasteiger partial charge is 0.291 e. The number of methoxy groups -OCH3 is 1. The lowest BCUT2D eigenvalue weighted by Crippen LogP contribution is -2.28.